The normalized spacial score (nSPS) is 14.9. The van der Waals surface area contributed by atoms with Crippen LogP contribution in [0.15, 0.2) is 53.5 Å². The van der Waals surface area contributed by atoms with Crippen LogP contribution in [0.3, 0.4) is 0 Å². The number of rotatable bonds is 6. The summed E-state index contributed by atoms with van der Waals surface area (Å²) in [6.07, 6.45) is 4.06. The standard InChI is InChI=1S/C22H25N5O2/c1-16(17-8-4-5-12-23-17)24-20(28)11-15-27-19-10-3-2-9-18(19)25-21(22(27)29)26-13-6-7-14-26/h2-5,8-10,12,16H,6-7,11,13-15H2,1H3,(H,24,28). The van der Waals surface area contributed by atoms with Crippen LogP contribution in [0, 0.1) is 0 Å². The van der Waals surface area contributed by atoms with Crippen molar-refractivity contribution in [3.05, 3.63) is 64.7 Å². The molecule has 1 unspecified atom stereocenters. The van der Waals surface area contributed by atoms with Gasteiger partial charge >= 0.3 is 0 Å². The van der Waals surface area contributed by atoms with E-state index in [9.17, 15) is 9.59 Å². The van der Waals surface area contributed by atoms with Gasteiger partial charge in [0, 0.05) is 32.3 Å². The number of fused-ring (bicyclic) bond motifs is 1. The Morgan fingerprint density at radius 1 is 1.14 bits per heavy atom. The van der Waals surface area contributed by atoms with E-state index in [0.29, 0.717) is 12.4 Å². The van der Waals surface area contributed by atoms with Crippen LogP contribution < -0.4 is 15.8 Å². The predicted octanol–water partition coefficient (Wildman–Crippen LogP) is 2.66. The molecule has 7 heteroatoms. The molecule has 1 N–H and O–H groups in total. The molecular formula is C22H25N5O2. The Bertz CT molecular complexity index is 1060. The summed E-state index contributed by atoms with van der Waals surface area (Å²) < 4.78 is 1.68. The molecule has 1 aliphatic heterocycles. The number of carbonyl (C=O) groups excluding carboxylic acids is 1. The van der Waals surface area contributed by atoms with Crippen LogP contribution in [0.2, 0.25) is 0 Å². The predicted molar refractivity (Wildman–Crippen MR) is 113 cm³/mol. The van der Waals surface area contributed by atoms with Crippen molar-refractivity contribution in [1.82, 2.24) is 19.9 Å². The highest BCUT2D eigenvalue weighted by Crippen LogP contribution is 2.18. The summed E-state index contributed by atoms with van der Waals surface area (Å²) in [5, 5.41) is 2.96. The third-order valence-corrected chi connectivity index (χ3v) is 5.31. The summed E-state index contributed by atoms with van der Waals surface area (Å²) in [5.41, 5.74) is 2.21. The number of anilines is 1. The fraction of sp³-hybridized carbons (Fsp3) is 0.364. The van der Waals surface area contributed by atoms with Crippen LogP contribution in [0.25, 0.3) is 11.0 Å². The first-order valence-corrected chi connectivity index (χ1v) is 10.1. The molecule has 3 heterocycles. The Morgan fingerprint density at radius 2 is 1.90 bits per heavy atom. The maximum absolute atomic E-state index is 13.1. The zero-order chi connectivity index (χ0) is 20.2. The highest BCUT2D eigenvalue weighted by atomic mass is 16.2. The number of hydrogen-bond donors (Lipinski definition) is 1. The van der Waals surface area contributed by atoms with Gasteiger partial charge in [0.05, 0.1) is 22.8 Å². The molecule has 3 aromatic rings. The monoisotopic (exact) mass is 391 g/mol. The van der Waals surface area contributed by atoms with Gasteiger partial charge in [0.1, 0.15) is 0 Å². The van der Waals surface area contributed by atoms with E-state index in [2.05, 4.69) is 20.2 Å². The number of carbonyl (C=O) groups is 1. The largest absolute Gasteiger partial charge is 0.352 e. The molecule has 0 bridgehead atoms. The Balaban J connectivity index is 1.54. The number of aryl methyl sites for hydroxylation is 1. The quantitative estimate of drug-likeness (QED) is 0.699. The van der Waals surface area contributed by atoms with Crippen LogP contribution >= 0.6 is 0 Å². The average Bonchev–Trinajstić information content (AvgIpc) is 3.28. The number of amides is 1. The first kappa shape index (κ1) is 19.1. The zero-order valence-corrected chi connectivity index (χ0v) is 16.5. The lowest BCUT2D eigenvalue weighted by molar-refractivity contribution is -0.122. The van der Waals surface area contributed by atoms with Gasteiger partial charge in [-0.2, -0.15) is 0 Å². The molecule has 0 saturated carbocycles. The molecule has 1 fully saturated rings. The van der Waals surface area contributed by atoms with Gasteiger partial charge < -0.3 is 14.8 Å². The molecule has 1 aromatic carbocycles. The summed E-state index contributed by atoms with van der Waals surface area (Å²) in [7, 11) is 0. The molecule has 1 atom stereocenters. The van der Waals surface area contributed by atoms with E-state index in [0.717, 1.165) is 42.7 Å². The zero-order valence-electron chi connectivity index (χ0n) is 16.5. The van der Waals surface area contributed by atoms with Gasteiger partial charge in [-0.05, 0) is 44.0 Å². The van der Waals surface area contributed by atoms with Gasteiger partial charge in [-0.1, -0.05) is 18.2 Å². The lowest BCUT2D eigenvalue weighted by Gasteiger charge is -2.19. The average molecular weight is 391 g/mol. The number of nitrogens with zero attached hydrogens (tertiary/aromatic N) is 4. The van der Waals surface area contributed by atoms with E-state index in [1.54, 1.807) is 10.8 Å². The first-order chi connectivity index (χ1) is 14.1. The van der Waals surface area contributed by atoms with Crippen molar-refractivity contribution in [2.45, 2.75) is 38.8 Å². The SMILES string of the molecule is CC(NC(=O)CCn1c(=O)c(N2CCCC2)nc2ccccc21)c1ccccn1. The van der Waals surface area contributed by atoms with E-state index in [4.69, 9.17) is 0 Å². The van der Waals surface area contributed by atoms with Crippen molar-refractivity contribution < 1.29 is 4.79 Å². The van der Waals surface area contributed by atoms with Crippen LogP contribution in [0.1, 0.15) is 37.9 Å². The van der Waals surface area contributed by atoms with E-state index in [1.165, 1.54) is 0 Å². The first-order valence-electron chi connectivity index (χ1n) is 10.1. The van der Waals surface area contributed by atoms with Crippen LogP contribution in [0.4, 0.5) is 5.82 Å². The van der Waals surface area contributed by atoms with Gasteiger partial charge in [0.15, 0.2) is 5.82 Å². The smallest absolute Gasteiger partial charge is 0.294 e. The summed E-state index contributed by atoms with van der Waals surface area (Å²) in [6.45, 7) is 3.91. The summed E-state index contributed by atoms with van der Waals surface area (Å²) in [4.78, 5) is 36.6. The number of aromatic nitrogens is 3. The fourth-order valence-electron chi connectivity index (χ4n) is 3.77. The van der Waals surface area contributed by atoms with Crippen molar-refractivity contribution in [2.75, 3.05) is 18.0 Å². The third kappa shape index (κ3) is 4.13. The summed E-state index contributed by atoms with van der Waals surface area (Å²) in [6, 6.07) is 13.0. The summed E-state index contributed by atoms with van der Waals surface area (Å²) >= 11 is 0. The van der Waals surface area contributed by atoms with E-state index in [-0.39, 0.29) is 23.9 Å². The van der Waals surface area contributed by atoms with Crippen LogP contribution in [0.5, 0.6) is 0 Å². The maximum Gasteiger partial charge on any atom is 0.294 e. The van der Waals surface area contributed by atoms with Crippen molar-refractivity contribution in [2.24, 2.45) is 0 Å². The van der Waals surface area contributed by atoms with Gasteiger partial charge in [0.25, 0.3) is 5.56 Å². The van der Waals surface area contributed by atoms with Crippen LogP contribution in [-0.2, 0) is 11.3 Å². The van der Waals surface area contributed by atoms with Gasteiger partial charge in [-0.15, -0.1) is 0 Å². The van der Waals surface area contributed by atoms with E-state index < -0.39 is 0 Å². The highest BCUT2D eigenvalue weighted by Gasteiger charge is 2.20. The molecule has 29 heavy (non-hydrogen) atoms. The fourth-order valence-corrected chi connectivity index (χ4v) is 3.77. The molecule has 1 amide bonds. The van der Waals surface area contributed by atoms with Crippen molar-refractivity contribution in [1.29, 1.82) is 0 Å². The van der Waals surface area contributed by atoms with E-state index >= 15 is 0 Å². The van der Waals surface area contributed by atoms with Gasteiger partial charge in [0.2, 0.25) is 5.91 Å². The summed E-state index contributed by atoms with van der Waals surface area (Å²) in [5.74, 6) is 0.377. The van der Waals surface area contributed by atoms with E-state index in [1.807, 2.05) is 49.4 Å². The van der Waals surface area contributed by atoms with Crippen LogP contribution in [-0.4, -0.2) is 33.5 Å². The molecule has 7 nitrogen and oxygen atoms in total. The van der Waals surface area contributed by atoms with Gasteiger partial charge in [-0.3, -0.25) is 14.6 Å². The molecule has 0 spiro atoms. The molecular weight excluding hydrogens is 366 g/mol. The number of benzene rings is 1. The molecule has 1 aliphatic rings. The van der Waals surface area contributed by atoms with Crippen molar-refractivity contribution >= 4 is 22.8 Å². The molecule has 2 aromatic heterocycles. The topological polar surface area (TPSA) is 80.1 Å². The maximum atomic E-state index is 13.1. The minimum Gasteiger partial charge on any atom is -0.352 e. The third-order valence-electron chi connectivity index (χ3n) is 5.31. The Morgan fingerprint density at radius 3 is 2.66 bits per heavy atom. The minimum absolute atomic E-state index is 0.112. The lowest BCUT2D eigenvalue weighted by Crippen LogP contribution is -2.33. The molecule has 1 saturated heterocycles. The molecule has 0 radical (unpaired) electrons. The number of pyridine rings is 1. The molecule has 0 aliphatic carbocycles. The second-order valence-corrected chi connectivity index (χ2v) is 7.37. The lowest BCUT2D eigenvalue weighted by atomic mass is 10.2. The molecule has 4 rings (SSSR count). The number of para-hydroxylation sites is 2. The Hall–Kier alpha value is -3.22. The highest BCUT2D eigenvalue weighted by molar-refractivity contribution is 5.78. The number of nitrogens with one attached hydrogen (secondary N) is 1. The Kier molecular flexibility index (Phi) is 5.55. The molecule has 150 valence electrons. The van der Waals surface area contributed by atoms with Crippen molar-refractivity contribution in [3.63, 3.8) is 0 Å². The van der Waals surface area contributed by atoms with Gasteiger partial charge in [-0.25, -0.2) is 4.98 Å². The second kappa shape index (κ2) is 8.43. The Labute approximate surface area is 169 Å². The number of hydrogen-bond acceptors (Lipinski definition) is 5. The van der Waals surface area contributed by atoms with Crippen molar-refractivity contribution in [3.8, 4) is 0 Å². The minimum atomic E-state index is -0.185. The second-order valence-electron chi connectivity index (χ2n) is 7.37.